The first-order valence-corrected chi connectivity index (χ1v) is 5.04. The topological polar surface area (TPSA) is 34.1 Å². The molecule has 0 fully saturated rings. The second-order valence-corrected chi connectivity index (χ2v) is 3.79. The molecule has 0 aliphatic rings. The first-order valence-electron chi connectivity index (χ1n) is 3.48. The zero-order valence-corrected chi connectivity index (χ0v) is 6.95. The number of hydrogen-bond donors (Lipinski definition) is 0. The fraction of sp³-hybridized carbons (Fsp3) is 1.00. The van der Waals surface area contributed by atoms with Crippen molar-refractivity contribution in [2.75, 3.05) is 5.75 Å². The van der Waals surface area contributed by atoms with Crippen LogP contribution in [0, 0.1) is 0 Å². The van der Waals surface area contributed by atoms with Gasteiger partial charge in [-0.2, -0.15) is 8.42 Å². The second-order valence-electron chi connectivity index (χ2n) is 2.30. The molecule has 4 heteroatoms. The summed E-state index contributed by atoms with van der Waals surface area (Å²) in [4.78, 5) is 0. The van der Waals surface area contributed by atoms with Gasteiger partial charge in [0.25, 0.3) is 0 Å². The molecule has 0 rings (SSSR count). The normalized spacial score (nSPS) is 11.8. The maximum atomic E-state index is 11.8. The van der Waals surface area contributed by atoms with Crippen molar-refractivity contribution in [3.63, 3.8) is 0 Å². The summed E-state index contributed by atoms with van der Waals surface area (Å²) >= 11 is 0. The third-order valence-corrected chi connectivity index (χ3v) is 2.02. The molecule has 0 aliphatic carbocycles. The van der Waals surface area contributed by atoms with Crippen LogP contribution in [0.25, 0.3) is 0 Å². The predicted octanol–water partition coefficient (Wildman–Crippen LogP) is 1.87. The molecule has 0 aromatic heterocycles. The Morgan fingerprint density at radius 1 is 1.20 bits per heavy atom. The third-order valence-electron chi connectivity index (χ3n) is 1.24. The molecule has 0 unspecified atom stereocenters. The van der Waals surface area contributed by atoms with Crippen LogP contribution in [0.15, 0.2) is 0 Å². The Hall–Kier alpha value is -0.120. The molecule has 0 aromatic carbocycles. The van der Waals surface area contributed by atoms with Crippen LogP contribution in [-0.2, 0) is 10.2 Å². The highest BCUT2D eigenvalue weighted by Gasteiger charge is 2.04. The number of hydrogen-bond acceptors (Lipinski definition) is 2. The fourth-order valence-corrected chi connectivity index (χ4v) is 1.25. The number of unbranched alkanes of at least 4 members (excludes halogenated alkanes) is 3. The Bertz CT molecular complexity index is 163. The molecule has 2 nitrogen and oxygen atoms in total. The Morgan fingerprint density at radius 3 is 2.20 bits per heavy atom. The van der Waals surface area contributed by atoms with Crippen molar-refractivity contribution in [3.8, 4) is 0 Å². The SMILES string of the molecule is CCCCCCS(=O)(=O)F. The van der Waals surface area contributed by atoms with Gasteiger partial charge in [-0.3, -0.25) is 0 Å². The van der Waals surface area contributed by atoms with E-state index in [1.165, 1.54) is 0 Å². The molecule has 0 saturated heterocycles. The number of rotatable bonds is 5. The zero-order chi connectivity index (χ0) is 8.04. The summed E-state index contributed by atoms with van der Waals surface area (Å²) in [5.41, 5.74) is 0. The van der Waals surface area contributed by atoms with Crippen LogP contribution in [0.2, 0.25) is 0 Å². The molecule has 0 bridgehead atoms. The first kappa shape index (κ1) is 9.88. The minimum Gasteiger partial charge on any atom is -0.195 e. The van der Waals surface area contributed by atoms with Gasteiger partial charge in [-0.1, -0.05) is 26.2 Å². The maximum Gasteiger partial charge on any atom is 0.302 e. The van der Waals surface area contributed by atoms with Gasteiger partial charge < -0.3 is 0 Å². The number of halogens is 1. The van der Waals surface area contributed by atoms with Crippen molar-refractivity contribution in [2.45, 2.75) is 32.6 Å². The molecule has 0 aromatic rings. The molecule has 0 radical (unpaired) electrons. The van der Waals surface area contributed by atoms with Crippen molar-refractivity contribution < 1.29 is 12.3 Å². The van der Waals surface area contributed by atoms with Gasteiger partial charge in [-0.15, -0.1) is 3.89 Å². The van der Waals surface area contributed by atoms with E-state index in [9.17, 15) is 12.3 Å². The highest BCUT2D eigenvalue weighted by Crippen LogP contribution is 2.02. The Labute approximate surface area is 61.7 Å². The van der Waals surface area contributed by atoms with E-state index in [2.05, 4.69) is 0 Å². The van der Waals surface area contributed by atoms with E-state index in [0.29, 0.717) is 6.42 Å². The van der Waals surface area contributed by atoms with E-state index in [-0.39, 0.29) is 5.75 Å². The van der Waals surface area contributed by atoms with E-state index < -0.39 is 10.2 Å². The molecule has 0 saturated carbocycles. The lowest BCUT2D eigenvalue weighted by molar-refractivity contribution is 0.546. The fourth-order valence-electron chi connectivity index (χ4n) is 0.701. The Morgan fingerprint density at radius 2 is 1.80 bits per heavy atom. The van der Waals surface area contributed by atoms with Crippen LogP contribution in [0.1, 0.15) is 32.6 Å². The van der Waals surface area contributed by atoms with Crippen molar-refractivity contribution in [3.05, 3.63) is 0 Å². The third kappa shape index (κ3) is 7.88. The van der Waals surface area contributed by atoms with Gasteiger partial charge in [0.2, 0.25) is 0 Å². The van der Waals surface area contributed by atoms with Gasteiger partial charge >= 0.3 is 10.2 Å². The molecule has 0 spiro atoms. The van der Waals surface area contributed by atoms with Crippen LogP contribution in [0.3, 0.4) is 0 Å². The quantitative estimate of drug-likeness (QED) is 0.464. The predicted molar refractivity (Wildman–Crippen MR) is 39.0 cm³/mol. The van der Waals surface area contributed by atoms with Crippen LogP contribution in [-0.4, -0.2) is 14.2 Å². The molecule has 0 aliphatic heterocycles. The van der Waals surface area contributed by atoms with E-state index >= 15 is 0 Å². The Balaban J connectivity index is 3.21. The summed E-state index contributed by atoms with van der Waals surface area (Å²) in [5.74, 6) is -0.312. The molecular formula is C6H13FO2S. The summed E-state index contributed by atoms with van der Waals surface area (Å²) in [6.45, 7) is 2.02. The molecule has 0 amide bonds. The minimum absolute atomic E-state index is 0.312. The zero-order valence-electron chi connectivity index (χ0n) is 6.14. The molecule has 62 valence electrons. The van der Waals surface area contributed by atoms with Gasteiger partial charge in [0.05, 0.1) is 5.75 Å². The average Bonchev–Trinajstić information content (AvgIpc) is 1.78. The lowest BCUT2D eigenvalue weighted by atomic mass is 10.2. The summed E-state index contributed by atoms with van der Waals surface area (Å²) in [7, 11) is -4.20. The molecular weight excluding hydrogens is 155 g/mol. The first-order chi connectivity index (χ1) is 4.56. The van der Waals surface area contributed by atoms with E-state index in [1.54, 1.807) is 0 Å². The van der Waals surface area contributed by atoms with Crippen molar-refractivity contribution in [1.82, 2.24) is 0 Å². The monoisotopic (exact) mass is 168 g/mol. The lowest BCUT2D eigenvalue weighted by Crippen LogP contribution is -1.97. The van der Waals surface area contributed by atoms with Gasteiger partial charge in [-0.05, 0) is 6.42 Å². The summed E-state index contributed by atoms with van der Waals surface area (Å²) in [6.07, 6.45) is 3.27. The van der Waals surface area contributed by atoms with E-state index in [1.807, 2.05) is 6.92 Å². The van der Waals surface area contributed by atoms with Gasteiger partial charge in [0.15, 0.2) is 0 Å². The molecule has 0 heterocycles. The average molecular weight is 168 g/mol. The van der Waals surface area contributed by atoms with Crippen molar-refractivity contribution in [1.29, 1.82) is 0 Å². The van der Waals surface area contributed by atoms with Gasteiger partial charge in [0, 0.05) is 0 Å². The van der Waals surface area contributed by atoms with Crippen LogP contribution in [0.4, 0.5) is 3.89 Å². The molecule has 0 N–H and O–H groups in total. The maximum absolute atomic E-state index is 11.8. The standard InChI is InChI=1S/C6H13FO2S/c1-2-3-4-5-6-10(7,8)9/h2-6H2,1H3. The van der Waals surface area contributed by atoms with Crippen molar-refractivity contribution in [2.24, 2.45) is 0 Å². The van der Waals surface area contributed by atoms with Crippen LogP contribution >= 0.6 is 0 Å². The molecule has 0 atom stereocenters. The van der Waals surface area contributed by atoms with E-state index in [4.69, 9.17) is 0 Å². The highest BCUT2D eigenvalue weighted by molar-refractivity contribution is 7.86. The lowest BCUT2D eigenvalue weighted by Gasteiger charge is -1.93. The smallest absolute Gasteiger partial charge is 0.195 e. The van der Waals surface area contributed by atoms with Crippen molar-refractivity contribution >= 4 is 10.2 Å². The van der Waals surface area contributed by atoms with Crippen LogP contribution in [0.5, 0.6) is 0 Å². The highest BCUT2D eigenvalue weighted by atomic mass is 32.3. The van der Waals surface area contributed by atoms with Gasteiger partial charge in [0.1, 0.15) is 0 Å². The summed E-state index contributed by atoms with van der Waals surface area (Å²) in [6, 6.07) is 0. The minimum atomic E-state index is -4.20. The Kier molecular flexibility index (Phi) is 4.60. The summed E-state index contributed by atoms with van der Waals surface area (Å²) < 4.78 is 31.6. The molecule has 10 heavy (non-hydrogen) atoms. The largest absolute Gasteiger partial charge is 0.302 e. The second kappa shape index (κ2) is 4.66. The van der Waals surface area contributed by atoms with Gasteiger partial charge in [-0.25, -0.2) is 0 Å². The van der Waals surface area contributed by atoms with E-state index in [0.717, 1.165) is 19.3 Å². The summed E-state index contributed by atoms with van der Waals surface area (Å²) in [5, 5.41) is 0. The van der Waals surface area contributed by atoms with Crippen LogP contribution < -0.4 is 0 Å².